The minimum absolute atomic E-state index is 0.975. The van der Waals surface area contributed by atoms with Crippen LogP contribution >= 0.6 is 11.3 Å². The third-order valence-electron chi connectivity index (χ3n) is 3.17. The van der Waals surface area contributed by atoms with Crippen LogP contribution in [-0.2, 0) is 0 Å². The van der Waals surface area contributed by atoms with Crippen molar-refractivity contribution in [3.05, 3.63) is 29.1 Å². The number of anilines is 1. The summed E-state index contributed by atoms with van der Waals surface area (Å²) in [5.41, 5.74) is 2.79. The van der Waals surface area contributed by atoms with Gasteiger partial charge in [-0.05, 0) is 12.5 Å². The highest BCUT2D eigenvalue weighted by molar-refractivity contribution is 7.18. The summed E-state index contributed by atoms with van der Waals surface area (Å²) < 4.78 is 1.43. The lowest BCUT2D eigenvalue weighted by atomic mass is 10.1. The molecular weight excluding hydrogens is 216 g/mol. The van der Waals surface area contributed by atoms with Gasteiger partial charge in [0.2, 0.25) is 0 Å². The van der Waals surface area contributed by atoms with Crippen molar-refractivity contribution in [2.45, 2.75) is 6.92 Å². The number of fused-ring (bicyclic) bond motifs is 1. The van der Waals surface area contributed by atoms with Gasteiger partial charge < -0.3 is 4.90 Å². The van der Waals surface area contributed by atoms with E-state index in [0.717, 1.165) is 26.2 Å². The number of hydrogen-bond donors (Lipinski definition) is 0. The van der Waals surface area contributed by atoms with Gasteiger partial charge in [0.25, 0.3) is 0 Å². The van der Waals surface area contributed by atoms with Crippen molar-refractivity contribution in [3.63, 3.8) is 0 Å². The third kappa shape index (κ3) is 1.60. The zero-order valence-corrected chi connectivity index (χ0v) is 10.3. The van der Waals surface area contributed by atoms with Gasteiger partial charge in [0, 0.05) is 41.6 Å². The lowest BCUT2D eigenvalue weighted by Crippen LogP contribution is -2.40. The Morgan fingerprint density at radius 1 is 1.25 bits per heavy atom. The Hall–Kier alpha value is -1.06. The van der Waals surface area contributed by atoms with E-state index in [1.54, 1.807) is 0 Å². The van der Waals surface area contributed by atoms with E-state index in [0.29, 0.717) is 0 Å². The Kier molecular flexibility index (Phi) is 2.58. The van der Waals surface area contributed by atoms with Crippen molar-refractivity contribution >= 4 is 27.1 Å². The number of thiophene rings is 1. The highest BCUT2D eigenvalue weighted by atomic mass is 32.1. The summed E-state index contributed by atoms with van der Waals surface area (Å²) in [5.74, 6) is 0. The molecule has 1 aliphatic heterocycles. The number of nitrogens with zero attached hydrogens (tertiary/aromatic N) is 2. The quantitative estimate of drug-likeness (QED) is 0.737. The highest BCUT2D eigenvalue weighted by Gasteiger charge is 2.15. The molecule has 2 nitrogen and oxygen atoms in total. The smallest absolute Gasteiger partial charge is 0.0555 e. The molecule has 0 aliphatic carbocycles. The molecule has 3 rings (SSSR count). The van der Waals surface area contributed by atoms with Crippen LogP contribution in [0.2, 0.25) is 0 Å². The molecule has 0 N–H and O–H groups in total. The van der Waals surface area contributed by atoms with Crippen LogP contribution in [0.3, 0.4) is 0 Å². The van der Waals surface area contributed by atoms with Crippen LogP contribution in [0, 0.1) is 6.92 Å². The SMILES string of the molecule is Cc1cccc2c(N3CC[N]CC3)csc12. The Bertz CT molecular complexity index is 498. The summed E-state index contributed by atoms with van der Waals surface area (Å²) in [7, 11) is 0. The molecule has 0 bridgehead atoms. The van der Waals surface area contributed by atoms with Crippen LogP contribution in [0.1, 0.15) is 5.56 Å². The molecule has 0 amide bonds. The molecule has 1 aromatic carbocycles. The predicted molar refractivity (Wildman–Crippen MR) is 70.6 cm³/mol. The molecule has 16 heavy (non-hydrogen) atoms. The fraction of sp³-hybridized carbons (Fsp3) is 0.385. The van der Waals surface area contributed by atoms with Crippen molar-refractivity contribution < 1.29 is 0 Å². The minimum atomic E-state index is 0.975. The van der Waals surface area contributed by atoms with Crippen LogP contribution in [0.25, 0.3) is 10.1 Å². The van der Waals surface area contributed by atoms with Gasteiger partial charge in [-0.2, -0.15) is 0 Å². The highest BCUT2D eigenvalue weighted by Crippen LogP contribution is 2.34. The second kappa shape index (κ2) is 4.07. The van der Waals surface area contributed by atoms with Gasteiger partial charge in [-0.15, -0.1) is 11.3 Å². The number of rotatable bonds is 1. The second-order valence-electron chi connectivity index (χ2n) is 4.23. The second-order valence-corrected chi connectivity index (χ2v) is 5.11. The topological polar surface area (TPSA) is 17.3 Å². The van der Waals surface area contributed by atoms with Crippen molar-refractivity contribution in [1.82, 2.24) is 5.32 Å². The molecule has 3 heteroatoms. The Labute approximate surface area is 99.9 Å². The fourth-order valence-electron chi connectivity index (χ4n) is 2.28. The van der Waals surface area contributed by atoms with E-state index >= 15 is 0 Å². The summed E-state index contributed by atoms with van der Waals surface area (Å²) in [6.07, 6.45) is 0. The van der Waals surface area contributed by atoms with Crippen LogP contribution < -0.4 is 10.2 Å². The monoisotopic (exact) mass is 231 g/mol. The standard InChI is InChI=1S/C13H15N2S/c1-10-3-2-4-11-12(9-16-13(10)11)15-7-5-14-6-8-15/h2-4,9H,5-8H2,1H3. The summed E-state index contributed by atoms with van der Waals surface area (Å²) in [6.45, 7) is 6.28. The lowest BCUT2D eigenvalue weighted by molar-refractivity contribution is 0.580. The number of benzene rings is 1. The summed E-state index contributed by atoms with van der Waals surface area (Å²) in [5, 5.41) is 8.10. The molecule has 0 saturated carbocycles. The molecule has 1 aliphatic rings. The molecule has 1 aromatic heterocycles. The van der Waals surface area contributed by atoms with E-state index in [1.165, 1.54) is 21.3 Å². The van der Waals surface area contributed by atoms with Crippen molar-refractivity contribution in [1.29, 1.82) is 0 Å². The maximum Gasteiger partial charge on any atom is 0.0555 e. The number of hydrogen-bond acceptors (Lipinski definition) is 2. The molecule has 1 radical (unpaired) electrons. The maximum absolute atomic E-state index is 4.40. The van der Waals surface area contributed by atoms with E-state index in [2.05, 4.69) is 40.7 Å². The van der Waals surface area contributed by atoms with Gasteiger partial charge in [-0.1, -0.05) is 18.2 Å². The third-order valence-corrected chi connectivity index (χ3v) is 4.29. The van der Waals surface area contributed by atoms with Crippen molar-refractivity contribution in [2.75, 3.05) is 31.1 Å². The first-order valence-electron chi connectivity index (χ1n) is 5.71. The van der Waals surface area contributed by atoms with E-state index in [-0.39, 0.29) is 0 Å². The van der Waals surface area contributed by atoms with Gasteiger partial charge in [0.1, 0.15) is 0 Å². The van der Waals surface area contributed by atoms with Gasteiger partial charge in [-0.3, -0.25) is 0 Å². The normalized spacial score (nSPS) is 16.9. The summed E-state index contributed by atoms with van der Waals surface area (Å²) in [6, 6.07) is 6.58. The molecule has 0 unspecified atom stereocenters. The average molecular weight is 231 g/mol. The van der Waals surface area contributed by atoms with Crippen LogP contribution in [0.15, 0.2) is 23.6 Å². The molecule has 1 fully saturated rings. The van der Waals surface area contributed by atoms with Crippen LogP contribution in [0.4, 0.5) is 5.69 Å². The van der Waals surface area contributed by atoms with Gasteiger partial charge in [0.15, 0.2) is 0 Å². The Morgan fingerprint density at radius 3 is 2.88 bits per heavy atom. The summed E-state index contributed by atoms with van der Waals surface area (Å²) >= 11 is 1.86. The van der Waals surface area contributed by atoms with Gasteiger partial charge in [0.05, 0.1) is 5.69 Å². The molecule has 83 valence electrons. The molecule has 2 aromatic rings. The zero-order valence-electron chi connectivity index (χ0n) is 9.44. The summed E-state index contributed by atoms with van der Waals surface area (Å²) in [4.78, 5) is 2.46. The first kappa shape index (κ1) is 10.1. The van der Waals surface area contributed by atoms with E-state index in [1.807, 2.05) is 11.3 Å². The first-order valence-corrected chi connectivity index (χ1v) is 6.59. The van der Waals surface area contributed by atoms with E-state index in [9.17, 15) is 0 Å². The minimum Gasteiger partial charge on any atom is -0.368 e. The molecule has 0 spiro atoms. The number of aryl methyl sites for hydroxylation is 1. The van der Waals surface area contributed by atoms with Gasteiger partial charge in [-0.25, -0.2) is 5.32 Å². The fourth-order valence-corrected chi connectivity index (χ4v) is 3.34. The molecule has 1 saturated heterocycles. The average Bonchev–Trinajstić information content (AvgIpc) is 2.75. The van der Waals surface area contributed by atoms with Crippen LogP contribution in [-0.4, -0.2) is 26.2 Å². The van der Waals surface area contributed by atoms with E-state index in [4.69, 9.17) is 0 Å². The Morgan fingerprint density at radius 2 is 2.06 bits per heavy atom. The van der Waals surface area contributed by atoms with Crippen LogP contribution in [0.5, 0.6) is 0 Å². The maximum atomic E-state index is 4.40. The molecular formula is C13H15N2S. The Balaban J connectivity index is 2.06. The first-order chi connectivity index (χ1) is 7.86. The van der Waals surface area contributed by atoms with Crippen molar-refractivity contribution in [3.8, 4) is 0 Å². The predicted octanol–water partition coefficient (Wildman–Crippen LogP) is 2.63. The van der Waals surface area contributed by atoms with Gasteiger partial charge >= 0.3 is 0 Å². The lowest BCUT2D eigenvalue weighted by Gasteiger charge is -2.28. The molecule has 0 atom stereocenters. The van der Waals surface area contributed by atoms with E-state index < -0.39 is 0 Å². The molecule has 2 heterocycles. The zero-order chi connectivity index (χ0) is 11.0. The van der Waals surface area contributed by atoms with Crippen molar-refractivity contribution in [2.24, 2.45) is 0 Å². The largest absolute Gasteiger partial charge is 0.368 e. The number of piperazine rings is 1.